The number of benzene rings is 2. The van der Waals surface area contributed by atoms with Crippen LogP contribution in [0.2, 0.25) is 0 Å². The van der Waals surface area contributed by atoms with Crippen molar-refractivity contribution in [3.63, 3.8) is 0 Å². The Morgan fingerprint density at radius 1 is 1.15 bits per heavy atom. The summed E-state index contributed by atoms with van der Waals surface area (Å²) in [5, 5.41) is 10.8. The van der Waals surface area contributed by atoms with Crippen molar-refractivity contribution in [3.05, 3.63) is 69.8 Å². The zero-order valence-corrected chi connectivity index (χ0v) is 14.7. The first kappa shape index (κ1) is 18.0. The van der Waals surface area contributed by atoms with E-state index in [-0.39, 0.29) is 23.5 Å². The van der Waals surface area contributed by atoms with Crippen LogP contribution in [0.5, 0.6) is 0 Å². The highest BCUT2D eigenvalue weighted by molar-refractivity contribution is 7.89. The third-order valence-corrected chi connectivity index (χ3v) is 6.20. The number of rotatable bonds is 4. The molecule has 0 amide bonds. The molecule has 0 bridgehead atoms. The van der Waals surface area contributed by atoms with Gasteiger partial charge in [-0.15, -0.1) is 0 Å². The Hall–Kier alpha value is -2.78. The molecule has 8 nitrogen and oxygen atoms in total. The van der Waals surface area contributed by atoms with Gasteiger partial charge >= 0.3 is 5.97 Å². The number of carbonyl (C=O) groups excluding carboxylic acids is 1. The van der Waals surface area contributed by atoms with E-state index in [1.807, 2.05) is 12.1 Å². The van der Waals surface area contributed by atoms with Gasteiger partial charge < -0.3 is 4.74 Å². The Bertz CT molecular complexity index is 955. The lowest BCUT2D eigenvalue weighted by Crippen LogP contribution is -2.48. The smallest absolute Gasteiger partial charge is 0.324 e. The van der Waals surface area contributed by atoms with Crippen LogP contribution in [0.25, 0.3) is 0 Å². The standard InChI is InChI=1S/C17H16N2O6S/c1-25-17(20)16-10-12-4-2-3-5-13(12)11-18(16)26(23,24)15-8-6-14(7-9-15)19(21)22/h2-9,16H,10-11H2,1H3/t16-/m1/s1. The van der Waals surface area contributed by atoms with Gasteiger partial charge in [-0.25, -0.2) is 8.42 Å². The van der Waals surface area contributed by atoms with E-state index in [0.717, 1.165) is 27.6 Å². The quantitative estimate of drug-likeness (QED) is 0.458. The first-order chi connectivity index (χ1) is 12.3. The van der Waals surface area contributed by atoms with Crippen LogP contribution in [0.3, 0.4) is 0 Å². The number of sulfonamides is 1. The molecule has 1 atom stereocenters. The summed E-state index contributed by atoms with van der Waals surface area (Å²) < 4.78 is 32.0. The second-order valence-electron chi connectivity index (χ2n) is 5.81. The Balaban J connectivity index is 2.03. The van der Waals surface area contributed by atoms with Crippen LogP contribution in [0.4, 0.5) is 5.69 Å². The van der Waals surface area contributed by atoms with Gasteiger partial charge in [-0.05, 0) is 23.3 Å². The minimum Gasteiger partial charge on any atom is -0.468 e. The predicted molar refractivity (Wildman–Crippen MR) is 91.8 cm³/mol. The Kier molecular flexibility index (Phi) is 4.75. The van der Waals surface area contributed by atoms with Gasteiger partial charge in [-0.3, -0.25) is 14.9 Å². The number of hydrogen-bond acceptors (Lipinski definition) is 6. The molecule has 26 heavy (non-hydrogen) atoms. The fraction of sp³-hybridized carbons (Fsp3) is 0.235. The van der Waals surface area contributed by atoms with Gasteiger partial charge in [-0.2, -0.15) is 4.31 Å². The topological polar surface area (TPSA) is 107 Å². The molecule has 1 aliphatic heterocycles. The SMILES string of the molecule is COC(=O)[C@H]1Cc2ccccc2CN1S(=O)(=O)c1ccc([N+](=O)[O-])cc1. The summed E-state index contributed by atoms with van der Waals surface area (Å²) in [5.41, 5.74) is 1.48. The summed E-state index contributed by atoms with van der Waals surface area (Å²) in [6, 6.07) is 10.9. The highest BCUT2D eigenvalue weighted by Gasteiger charge is 2.40. The van der Waals surface area contributed by atoms with E-state index >= 15 is 0 Å². The first-order valence-electron chi connectivity index (χ1n) is 7.75. The number of nitro benzene ring substituents is 1. The Morgan fingerprint density at radius 3 is 2.35 bits per heavy atom. The normalized spacial score (nSPS) is 17.3. The van der Waals surface area contributed by atoms with Gasteiger partial charge in [0.25, 0.3) is 5.69 Å². The molecule has 136 valence electrons. The van der Waals surface area contributed by atoms with Crippen LogP contribution in [-0.2, 0) is 32.5 Å². The number of ether oxygens (including phenoxy) is 1. The number of esters is 1. The molecule has 0 N–H and O–H groups in total. The highest BCUT2D eigenvalue weighted by Crippen LogP contribution is 2.30. The van der Waals surface area contributed by atoms with Gasteiger partial charge in [0.2, 0.25) is 10.0 Å². The Labute approximate surface area is 150 Å². The minimum absolute atomic E-state index is 0.0231. The molecule has 2 aromatic rings. The van der Waals surface area contributed by atoms with Crippen molar-refractivity contribution in [2.24, 2.45) is 0 Å². The third kappa shape index (κ3) is 3.18. The maximum atomic E-state index is 13.1. The lowest BCUT2D eigenvalue weighted by Gasteiger charge is -2.34. The van der Waals surface area contributed by atoms with Crippen LogP contribution in [0.15, 0.2) is 53.4 Å². The van der Waals surface area contributed by atoms with E-state index in [9.17, 15) is 23.3 Å². The summed E-state index contributed by atoms with van der Waals surface area (Å²) in [7, 11) is -2.83. The van der Waals surface area contributed by atoms with Gasteiger partial charge in [0.15, 0.2) is 0 Å². The van der Waals surface area contributed by atoms with Crippen molar-refractivity contribution < 1.29 is 22.9 Å². The van der Waals surface area contributed by atoms with Crippen molar-refractivity contribution in [2.45, 2.75) is 23.9 Å². The fourth-order valence-electron chi connectivity index (χ4n) is 2.96. The third-order valence-electron chi connectivity index (χ3n) is 4.33. The summed E-state index contributed by atoms with van der Waals surface area (Å²) >= 11 is 0. The van der Waals surface area contributed by atoms with Crippen LogP contribution in [0.1, 0.15) is 11.1 Å². The van der Waals surface area contributed by atoms with Crippen molar-refractivity contribution >= 4 is 21.7 Å². The van der Waals surface area contributed by atoms with Gasteiger partial charge in [-0.1, -0.05) is 24.3 Å². The zero-order chi connectivity index (χ0) is 18.9. The molecule has 0 fully saturated rings. The lowest BCUT2D eigenvalue weighted by molar-refractivity contribution is -0.384. The van der Waals surface area contributed by atoms with Crippen molar-refractivity contribution in [1.82, 2.24) is 4.31 Å². The van der Waals surface area contributed by atoms with Gasteiger partial charge in [0.1, 0.15) is 6.04 Å². The number of nitrogens with zero attached hydrogens (tertiary/aromatic N) is 2. The van der Waals surface area contributed by atoms with Crippen molar-refractivity contribution in [3.8, 4) is 0 Å². The molecule has 3 rings (SSSR count). The van der Waals surface area contributed by atoms with Gasteiger partial charge in [0.05, 0.1) is 16.9 Å². The number of non-ortho nitro benzene ring substituents is 1. The van der Waals surface area contributed by atoms with Crippen LogP contribution in [0, 0.1) is 10.1 Å². The average molecular weight is 376 g/mol. The molecule has 0 radical (unpaired) electrons. The molecule has 0 unspecified atom stereocenters. The molecule has 0 saturated heterocycles. The molecule has 2 aromatic carbocycles. The molecule has 0 aliphatic carbocycles. The van der Waals surface area contributed by atoms with Crippen molar-refractivity contribution in [1.29, 1.82) is 0 Å². The van der Waals surface area contributed by atoms with Crippen LogP contribution >= 0.6 is 0 Å². The van der Waals surface area contributed by atoms with E-state index < -0.39 is 27.0 Å². The highest BCUT2D eigenvalue weighted by atomic mass is 32.2. The molecule has 0 aromatic heterocycles. The molecule has 1 aliphatic rings. The zero-order valence-electron chi connectivity index (χ0n) is 13.9. The van der Waals surface area contributed by atoms with E-state index in [2.05, 4.69) is 0 Å². The summed E-state index contributed by atoms with van der Waals surface area (Å²) in [6.45, 7) is 0.0231. The number of fused-ring (bicyclic) bond motifs is 1. The molecule has 1 heterocycles. The number of nitro groups is 1. The van der Waals surface area contributed by atoms with E-state index in [1.54, 1.807) is 12.1 Å². The van der Waals surface area contributed by atoms with Crippen molar-refractivity contribution in [2.75, 3.05) is 7.11 Å². The second-order valence-corrected chi connectivity index (χ2v) is 7.70. The monoisotopic (exact) mass is 376 g/mol. The predicted octanol–water partition coefficient (Wildman–Crippen LogP) is 1.88. The number of methoxy groups -OCH3 is 1. The van der Waals surface area contributed by atoms with Crippen LogP contribution in [-0.4, -0.2) is 36.8 Å². The molecule has 0 saturated carbocycles. The van der Waals surface area contributed by atoms with Crippen LogP contribution < -0.4 is 0 Å². The fourth-order valence-corrected chi connectivity index (χ4v) is 4.52. The largest absolute Gasteiger partial charge is 0.468 e. The maximum absolute atomic E-state index is 13.1. The summed E-state index contributed by atoms with van der Waals surface area (Å²) in [4.78, 5) is 22.2. The van der Waals surface area contributed by atoms with Gasteiger partial charge in [0, 0.05) is 25.1 Å². The maximum Gasteiger partial charge on any atom is 0.324 e. The number of hydrogen-bond donors (Lipinski definition) is 0. The second kappa shape index (κ2) is 6.85. The summed E-state index contributed by atoms with van der Waals surface area (Å²) in [6.07, 6.45) is 0.203. The Morgan fingerprint density at radius 2 is 1.77 bits per heavy atom. The number of carbonyl (C=O) groups is 1. The van der Waals surface area contributed by atoms with E-state index in [1.165, 1.54) is 19.2 Å². The first-order valence-corrected chi connectivity index (χ1v) is 9.19. The van der Waals surface area contributed by atoms with E-state index in [4.69, 9.17) is 4.74 Å². The summed E-state index contributed by atoms with van der Waals surface area (Å²) in [5.74, 6) is -0.648. The minimum atomic E-state index is -4.04. The average Bonchev–Trinajstić information content (AvgIpc) is 2.66. The lowest BCUT2D eigenvalue weighted by atomic mass is 9.96. The molecular formula is C17H16N2O6S. The molecular weight excluding hydrogens is 360 g/mol. The molecule has 0 spiro atoms. The molecule has 9 heteroatoms. The van der Waals surface area contributed by atoms with E-state index in [0.29, 0.717) is 0 Å².